The van der Waals surface area contributed by atoms with Crippen molar-refractivity contribution in [2.45, 2.75) is 45.4 Å². The molecule has 0 fully saturated rings. The molecule has 1 amide bonds. The van der Waals surface area contributed by atoms with Crippen LogP contribution in [0.2, 0.25) is 0 Å². The first kappa shape index (κ1) is 21.5. The Labute approximate surface area is 155 Å². The summed E-state index contributed by atoms with van der Waals surface area (Å²) in [5.74, 6) is 0.421. The number of anilines is 1. The molecule has 0 aliphatic heterocycles. The van der Waals surface area contributed by atoms with Crippen LogP contribution in [0.1, 0.15) is 43.7 Å². The number of unbranched alkanes of at least 4 members (excludes halogenated alkanes) is 3. The van der Waals surface area contributed by atoms with Gasteiger partial charge < -0.3 is 21.3 Å². The van der Waals surface area contributed by atoms with E-state index in [2.05, 4.69) is 12.2 Å². The number of hydrogen-bond acceptors (Lipinski definition) is 4. The zero-order valence-corrected chi connectivity index (χ0v) is 15.4. The molecule has 0 spiro atoms. The molecule has 0 radical (unpaired) electrons. The van der Waals surface area contributed by atoms with Gasteiger partial charge in [0.15, 0.2) is 0 Å². The number of benzene rings is 2. The Balaban J connectivity index is 0.000000289. The zero-order valence-electron chi connectivity index (χ0n) is 15.4. The fourth-order valence-corrected chi connectivity index (χ4v) is 2.50. The number of aromatic hydroxyl groups is 2. The van der Waals surface area contributed by atoms with Gasteiger partial charge in [-0.2, -0.15) is 0 Å². The molecule has 5 nitrogen and oxygen atoms in total. The molecule has 142 valence electrons. The molecule has 0 aromatic heterocycles. The maximum absolute atomic E-state index is 10.3. The van der Waals surface area contributed by atoms with E-state index in [9.17, 15) is 9.90 Å². The third-order valence-corrected chi connectivity index (χ3v) is 3.96. The minimum absolute atomic E-state index is 0.115. The van der Waals surface area contributed by atoms with Crippen LogP contribution in [-0.2, 0) is 17.6 Å². The number of phenols is 2. The normalized spacial score (nSPS) is 9.92. The number of nitrogens with two attached hydrogens (primary N) is 1. The van der Waals surface area contributed by atoms with Crippen molar-refractivity contribution in [1.82, 2.24) is 0 Å². The van der Waals surface area contributed by atoms with Crippen molar-refractivity contribution in [2.24, 2.45) is 5.73 Å². The van der Waals surface area contributed by atoms with Gasteiger partial charge in [0.2, 0.25) is 6.41 Å². The van der Waals surface area contributed by atoms with Gasteiger partial charge in [0.1, 0.15) is 11.5 Å². The van der Waals surface area contributed by atoms with Gasteiger partial charge in [0.05, 0.1) is 5.69 Å². The van der Waals surface area contributed by atoms with Gasteiger partial charge in [-0.3, -0.25) is 4.79 Å². The van der Waals surface area contributed by atoms with Gasteiger partial charge >= 0.3 is 0 Å². The van der Waals surface area contributed by atoms with E-state index in [4.69, 9.17) is 10.8 Å². The topological polar surface area (TPSA) is 95.6 Å². The lowest BCUT2D eigenvalue weighted by Gasteiger charge is -2.06. The van der Waals surface area contributed by atoms with Gasteiger partial charge in [0.25, 0.3) is 0 Å². The van der Waals surface area contributed by atoms with E-state index < -0.39 is 0 Å². The van der Waals surface area contributed by atoms with Gasteiger partial charge in [-0.15, -0.1) is 0 Å². The number of nitrogens with one attached hydrogen (secondary N) is 1. The minimum Gasteiger partial charge on any atom is -0.508 e. The van der Waals surface area contributed by atoms with Crippen LogP contribution in [0.5, 0.6) is 11.5 Å². The predicted octanol–water partition coefficient (Wildman–Crippen LogP) is 3.98. The highest BCUT2D eigenvalue weighted by atomic mass is 16.3. The van der Waals surface area contributed by atoms with Gasteiger partial charge in [-0.1, -0.05) is 44.4 Å². The van der Waals surface area contributed by atoms with Crippen LogP contribution in [0.4, 0.5) is 5.69 Å². The summed E-state index contributed by atoms with van der Waals surface area (Å²) in [7, 11) is 0. The maximum atomic E-state index is 10.3. The van der Waals surface area contributed by atoms with E-state index in [1.165, 1.54) is 24.8 Å². The Morgan fingerprint density at radius 2 is 1.65 bits per heavy atom. The summed E-state index contributed by atoms with van der Waals surface area (Å²) in [6.45, 7) is 2.84. The molecule has 0 aliphatic rings. The van der Waals surface area contributed by atoms with E-state index in [1.54, 1.807) is 18.2 Å². The van der Waals surface area contributed by atoms with Gasteiger partial charge in [-0.25, -0.2) is 0 Å². The lowest BCUT2D eigenvalue weighted by Crippen LogP contribution is -2.01. The first-order valence-corrected chi connectivity index (χ1v) is 9.10. The molecule has 0 heterocycles. The summed E-state index contributed by atoms with van der Waals surface area (Å²) in [5, 5.41) is 20.8. The minimum atomic E-state index is 0.115. The predicted molar refractivity (Wildman–Crippen MR) is 107 cm³/mol. The zero-order chi connectivity index (χ0) is 19.2. The largest absolute Gasteiger partial charge is 0.508 e. The number of rotatable bonds is 9. The van der Waals surface area contributed by atoms with Crippen molar-refractivity contribution in [3.05, 3.63) is 53.6 Å². The molecule has 0 atom stereocenters. The number of carbonyl (C=O) groups excluding carboxylic acids is 1. The molecule has 0 saturated carbocycles. The molecule has 0 aliphatic carbocycles. The van der Waals surface area contributed by atoms with E-state index in [0.717, 1.165) is 24.8 Å². The lowest BCUT2D eigenvalue weighted by atomic mass is 10.1. The molecule has 26 heavy (non-hydrogen) atoms. The van der Waals surface area contributed by atoms with E-state index in [-0.39, 0.29) is 5.75 Å². The van der Waals surface area contributed by atoms with Crippen molar-refractivity contribution >= 4 is 12.1 Å². The van der Waals surface area contributed by atoms with E-state index >= 15 is 0 Å². The number of carbonyl (C=O) groups is 1. The number of hydrogen-bond donors (Lipinski definition) is 4. The highest BCUT2D eigenvalue weighted by Crippen LogP contribution is 2.24. The van der Waals surface area contributed by atoms with Crippen molar-refractivity contribution in [1.29, 1.82) is 0 Å². The quantitative estimate of drug-likeness (QED) is 0.310. The van der Waals surface area contributed by atoms with Crippen molar-refractivity contribution in [3.8, 4) is 11.5 Å². The molecule has 2 aromatic rings. The van der Waals surface area contributed by atoms with Crippen LogP contribution in [0.15, 0.2) is 42.5 Å². The van der Waals surface area contributed by atoms with Crippen LogP contribution in [0.3, 0.4) is 0 Å². The van der Waals surface area contributed by atoms with Crippen LogP contribution in [-0.4, -0.2) is 23.2 Å². The Kier molecular flexibility index (Phi) is 10.6. The summed E-state index contributed by atoms with van der Waals surface area (Å²) in [6.07, 6.45) is 7.32. The highest BCUT2D eigenvalue weighted by molar-refractivity contribution is 5.75. The summed E-state index contributed by atoms with van der Waals surface area (Å²) in [5.41, 5.74) is 8.14. The molecule has 0 bridgehead atoms. The maximum Gasteiger partial charge on any atom is 0.211 e. The third kappa shape index (κ3) is 8.53. The van der Waals surface area contributed by atoms with E-state index in [1.807, 2.05) is 24.3 Å². The third-order valence-electron chi connectivity index (χ3n) is 3.96. The Morgan fingerprint density at radius 3 is 2.27 bits per heavy atom. The number of aryl methyl sites for hydroxylation is 1. The van der Waals surface area contributed by atoms with Crippen LogP contribution < -0.4 is 11.1 Å². The Hall–Kier alpha value is -2.53. The molecule has 2 aromatic carbocycles. The lowest BCUT2D eigenvalue weighted by molar-refractivity contribution is -0.105. The summed E-state index contributed by atoms with van der Waals surface area (Å²) in [4.78, 5) is 10.3. The SMILES string of the molecule is CCCCCCc1ccc(O)c(NC=O)c1.NCCc1ccc(O)cc1. The fourth-order valence-electron chi connectivity index (χ4n) is 2.50. The molecule has 0 unspecified atom stereocenters. The second kappa shape index (κ2) is 12.8. The van der Waals surface area contributed by atoms with Crippen molar-refractivity contribution in [3.63, 3.8) is 0 Å². The standard InChI is InChI=1S/C13H19NO2.C8H11NO/c1-2-3-4-5-6-11-7-8-13(16)12(9-11)14-10-15;9-6-5-7-1-3-8(10)4-2-7/h7-10,16H,2-6H2,1H3,(H,14,15);1-4,10H,5-6,9H2. The number of amides is 1. The number of phenolic OH excluding ortho intramolecular Hbond substituents is 2. The first-order chi connectivity index (χ1) is 12.6. The average Bonchev–Trinajstić information content (AvgIpc) is 2.64. The molecular formula is C21H30N2O3. The first-order valence-electron chi connectivity index (χ1n) is 9.10. The van der Waals surface area contributed by atoms with E-state index in [0.29, 0.717) is 24.4 Å². The Morgan fingerprint density at radius 1 is 0.962 bits per heavy atom. The monoisotopic (exact) mass is 358 g/mol. The van der Waals surface area contributed by atoms with Crippen LogP contribution >= 0.6 is 0 Å². The molecule has 5 N–H and O–H groups in total. The second-order valence-corrected chi connectivity index (χ2v) is 6.13. The highest BCUT2D eigenvalue weighted by Gasteiger charge is 2.01. The van der Waals surface area contributed by atoms with Gasteiger partial charge in [0, 0.05) is 0 Å². The summed E-state index contributed by atoms with van der Waals surface area (Å²) < 4.78 is 0. The summed E-state index contributed by atoms with van der Waals surface area (Å²) in [6, 6.07) is 12.5. The second-order valence-electron chi connectivity index (χ2n) is 6.13. The molecule has 2 rings (SSSR count). The van der Waals surface area contributed by atoms with Crippen LogP contribution in [0.25, 0.3) is 0 Å². The molecule has 5 heteroatoms. The average molecular weight is 358 g/mol. The fraction of sp³-hybridized carbons (Fsp3) is 0.381. The van der Waals surface area contributed by atoms with Crippen molar-refractivity contribution in [2.75, 3.05) is 11.9 Å². The molecule has 0 saturated heterocycles. The summed E-state index contributed by atoms with van der Waals surface area (Å²) >= 11 is 0. The smallest absolute Gasteiger partial charge is 0.211 e. The Bertz CT molecular complexity index is 642. The van der Waals surface area contributed by atoms with Crippen LogP contribution in [0, 0.1) is 0 Å². The van der Waals surface area contributed by atoms with Crippen molar-refractivity contribution < 1.29 is 15.0 Å². The molecular weight excluding hydrogens is 328 g/mol. The van der Waals surface area contributed by atoms with Gasteiger partial charge in [-0.05, 0) is 61.2 Å².